The van der Waals surface area contributed by atoms with Crippen molar-refractivity contribution in [2.75, 3.05) is 7.11 Å². The molecule has 2 aromatic carbocycles. The largest absolute Gasteiger partial charge is 0.496 e. The highest BCUT2D eigenvalue weighted by Crippen LogP contribution is 2.40. The molecule has 1 aliphatic rings. The second-order valence-corrected chi connectivity index (χ2v) is 9.49. The van der Waals surface area contributed by atoms with Gasteiger partial charge in [-0.3, -0.25) is 4.79 Å². The van der Waals surface area contributed by atoms with Crippen LogP contribution in [-0.2, 0) is 9.31 Å². The Morgan fingerprint density at radius 1 is 0.939 bits per heavy atom. The third-order valence-corrected chi connectivity index (χ3v) is 7.00. The smallest absolute Gasteiger partial charge is 0.479 e. The highest BCUT2D eigenvalue weighted by molar-refractivity contribution is 6.66. The second kappa shape index (κ2) is 8.72. The summed E-state index contributed by atoms with van der Waals surface area (Å²) in [7, 11) is 0.829. The molecule has 0 spiro atoms. The van der Waals surface area contributed by atoms with Crippen molar-refractivity contribution in [1.82, 2.24) is 9.97 Å². The number of halogens is 2. The van der Waals surface area contributed by atoms with Crippen molar-refractivity contribution < 1.29 is 18.8 Å². The molecule has 0 aliphatic carbocycles. The average molecular weight is 485 g/mol. The van der Waals surface area contributed by atoms with Gasteiger partial charge in [0.05, 0.1) is 35.2 Å². The van der Waals surface area contributed by atoms with Gasteiger partial charge in [0.25, 0.3) is 0 Å². The van der Waals surface area contributed by atoms with E-state index in [2.05, 4.69) is 9.97 Å². The van der Waals surface area contributed by atoms with Crippen molar-refractivity contribution in [3.8, 4) is 28.3 Å². The molecule has 1 aromatic heterocycles. The first-order chi connectivity index (χ1) is 15.6. The molecular formula is C24H23BCl2N2O4. The first-order valence-corrected chi connectivity index (χ1v) is 11.1. The summed E-state index contributed by atoms with van der Waals surface area (Å²) >= 11 is 13.7. The van der Waals surface area contributed by atoms with Gasteiger partial charge in [-0.1, -0.05) is 59.6 Å². The Hall–Kier alpha value is -2.45. The van der Waals surface area contributed by atoms with Crippen molar-refractivity contribution in [1.29, 1.82) is 0 Å². The minimum absolute atomic E-state index is 0.117. The third kappa shape index (κ3) is 4.15. The standard InChI is InChI=1S/C24H23BCl2N2O4/c1-23(2)24(3,4)33-25(32-23)17-11-7-9-15(21(17)27)14-8-6-10-16(20(14)26)18-12-28-19(13-30)22(29-18)31-5/h6-13H,1-5H3. The molecule has 0 amide bonds. The molecule has 1 aliphatic heterocycles. The molecule has 6 nitrogen and oxygen atoms in total. The van der Waals surface area contributed by atoms with Crippen LogP contribution < -0.4 is 10.2 Å². The van der Waals surface area contributed by atoms with E-state index in [1.54, 1.807) is 0 Å². The molecule has 170 valence electrons. The van der Waals surface area contributed by atoms with Crippen LogP contribution in [0.5, 0.6) is 5.88 Å². The van der Waals surface area contributed by atoms with Crippen LogP contribution in [0.3, 0.4) is 0 Å². The number of hydrogen-bond donors (Lipinski definition) is 0. The van der Waals surface area contributed by atoms with E-state index in [9.17, 15) is 4.79 Å². The SMILES string of the molecule is COc1nc(-c2cccc(-c3cccc(B4OC(C)(C)C(C)(C)O4)c3Cl)c2Cl)cnc1C=O. The lowest BCUT2D eigenvalue weighted by Crippen LogP contribution is -2.41. The number of rotatable bonds is 5. The number of ether oxygens (including phenoxy) is 1. The maximum Gasteiger partial charge on any atom is 0.496 e. The van der Waals surface area contributed by atoms with Crippen LogP contribution in [0.25, 0.3) is 22.4 Å². The Morgan fingerprint density at radius 3 is 2.12 bits per heavy atom. The number of aromatic nitrogens is 2. The van der Waals surface area contributed by atoms with Gasteiger partial charge in [-0.25, -0.2) is 9.97 Å². The number of methoxy groups -OCH3 is 1. The fraction of sp³-hybridized carbons (Fsp3) is 0.292. The quantitative estimate of drug-likeness (QED) is 0.364. The number of carbonyl (C=O) groups is 1. The summed E-state index contributed by atoms with van der Waals surface area (Å²) in [5.41, 5.74) is 2.44. The normalized spacial score (nSPS) is 16.6. The van der Waals surface area contributed by atoms with E-state index >= 15 is 0 Å². The summed E-state index contributed by atoms with van der Waals surface area (Å²) in [5.74, 6) is 0.129. The molecule has 0 atom stereocenters. The van der Waals surface area contributed by atoms with E-state index in [1.807, 2.05) is 64.1 Å². The first-order valence-electron chi connectivity index (χ1n) is 10.4. The molecule has 3 aromatic rings. The van der Waals surface area contributed by atoms with E-state index < -0.39 is 18.3 Å². The first kappa shape index (κ1) is 23.7. The molecule has 0 bridgehead atoms. The lowest BCUT2D eigenvalue weighted by atomic mass is 9.77. The predicted molar refractivity (Wildman–Crippen MR) is 131 cm³/mol. The number of carbonyl (C=O) groups excluding carboxylic acids is 1. The summed E-state index contributed by atoms with van der Waals surface area (Å²) in [6.45, 7) is 7.99. The minimum Gasteiger partial charge on any atom is -0.479 e. The molecule has 1 fully saturated rings. The molecule has 9 heteroatoms. The summed E-state index contributed by atoms with van der Waals surface area (Å²) in [5, 5.41) is 0.940. The Balaban J connectivity index is 1.78. The molecule has 33 heavy (non-hydrogen) atoms. The average Bonchev–Trinajstić information content (AvgIpc) is 3.00. The Labute approximate surface area is 203 Å². The monoisotopic (exact) mass is 484 g/mol. The van der Waals surface area contributed by atoms with Gasteiger partial charge in [0.2, 0.25) is 5.88 Å². The van der Waals surface area contributed by atoms with E-state index in [4.69, 9.17) is 37.2 Å². The van der Waals surface area contributed by atoms with E-state index in [-0.39, 0.29) is 11.6 Å². The highest BCUT2D eigenvalue weighted by atomic mass is 35.5. The molecule has 2 heterocycles. The fourth-order valence-corrected chi connectivity index (χ4v) is 4.23. The van der Waals surface area contributed by atoms with Gasteiger partial charge >= 0.3 is 7.12 Å². The predicted octanol–water partition coefficient (Wildman–Crippen LogP) is 5.24. The zero-order valence-corrected chi connectivity index (χ0v) is 20.5. The van der Waals surface area contributed by atoms with Crippen molar-refractivity contribution in [3.05, 3.63) is 58.3 Å². The lowest BCUT2D eigenvalue weighted by molar-refractivity contribution is 0.00578. The van der Waals surface area contributed by atoms with Crippen LogP contribution in [0.15, 0.2) is 42.6 Å². The van der Waals surface area contributed by atoms with Crippen LogP contribution in [0.4, 0.5) is 0 Å². The molecule has 0 saturated carbocycles. The molecule has 1 saturated heterocycles. The Bertz CT molecular complexity index is 1220. The summed E-state index contributed by atoms with van der Waals surface area (Å²) < 4.78 is 17.6. The van der Waals surface area contributed by atoms with Gasteiger partial charge in [-0.15, -0.1) is 0 Å². The third-order valence-electron chi connectivity index (χ3n) is 6.17. The van der Waals surface area contributed by atoms with Crippen molar-refractivity contribution in [3.63, 3.8) is 0 Å². The topological polar surface area (TPSA) is 70.5 Å². The van der Waals surface area contributed by atoms with Crippen LogP contribution in [0, 0.1) is 0 Å². The van der Waals surface area contributed by atoms with Crippen LogP contribution in [-0.4, -0.2) is 41.7 Å². The van der Waals surface area contributed by atoms with E-state index in [1.165, 1.54) is 13.3 Å². The Morgan fingerprint density at radius 2 is 1.52 bits per heavy atom. The summed E-state index contributed by atoms with van der Waals surface area (Å²) in [6.07, 6.45) is 2.08. The zero-order chi connectivity index (χ0) is 24.0. The molecule has 0 unspecified atom stereocenters. The van der Waals surface area contributed by atoms with Gasteiger partial charge in [-0.2, -0.15) is 0 Å². The Kier molecular flexibility index (Phi) is 6.27. The van der Waals surface area contributed by atoms with Crippen LogP contribution in [0.2, 0.25) is 10.0 Å². The minimum atomic E-state index is -0.601. The summed E-state index contributed by atoms with van der Waals surface area (Å²) in [4.78, 5) is 19.7. The molecule has 4 rings (SSSR count). The van der Waals surface area contributed by atoms with Gasteiger partial charge in [-0.05, 0) is 27.7 Å². The molecule has 0 radical (unpaired) electrons. The highest BCUT2D eigenvalue weighted by Gasteiger charge is 2.52. The fourth-order valence-electron chi connectivity index (χ4n) is 3.59. The lowest BCUT2D eigenvalue weighted by Gasteiger charge is -2.32. The summed E-state index contributed by atoms with van der Waals surface area (Å²) in [6, 6.07) is 11.2. The maximum absolute atomic E-state index is 11.2. The maximum atomic E-state index is 11.2. The second-order valence-electron chi connectivity index (χ2n) is 8.73. The van der Waals surface area contributed by atoms with Gasteiger partial charge in [0.1, 0.15) is 0 Å². The van der Waals surface area contributed by atoms with Gasteiger partial charge < -0.3 is 14.0 Å². The van der Waals surface area contributed by atoms with Crippen molar-refractivity contribution in [2.24, 2.45) is 0 Å². The molecule has 0 N–H and O–H groups in total. The van der Waals surface area contributed by atoms with Gasteiger partial charge in [0.15, 0.2) is 12.0 Å². The van der Waals surface area contributed by atoms with Crippen molar-refractivity contribution in [2.45, 2.75) is 38.9 Å². The van der Waals surface area contributed by atoms with Crippen molar-refractivity contribution >= 4 is 42.1 Å². The molecular weight excluding hydrogens is 462 g/mol. The van der Waals surface area contributed by atoms with E-state index in [0.717, 1.165) is 16.6 Å². The van der Waals surface area contributed by atoms with Gasteiger partial charge in [0, 0.05) is 27.2 Å². The van der Waals surface area contributed by atoms with Crippen LogP contribution >= 0.6 is 23.2 Å². The zero-order valence-electron chi connectivity index (χ0n) is 19.0. The van der Waals surface area contributed by atoms with Crippen LogP contribution in [0.1, 0.15) is 38.2 Å². The van der Waals surface area contributed by atoms with E-state index in [0.29, 0.717) is 27.6 Å². The number of benzene rings is 2. The number of aldehydes is 1. The number of hydrogen-bond acceptors (Lipinski definition) is 6. The number of nitrogens with zero attached hydrogens (tertiary/aromatic N) is 2.